The van der Waals surface area contributed by atoms with Crippen LogP contribution in [0.3, 0.4) is 0 Å². The fraction of sp³-hybridized carbons (Fsp3) is 0.714. The van der Waals surface area contributed by atoms with E-state index in [1.165, 1.54) is 17.7 Å². The minimum absolute atomic E-state index is 0.223. The van der Waals surface area contributed by atoms with E-state index in [9.17, 15) is 5.11 Å². The van der Waals surface area contributed by atoms with E-state index in [-0.39, 0.29) is 6.10 Å². The van der Waals surface area contributed by atoms with Gasteiger partial charge in [-0.15, -0.1) is 0 Å². The van der Waals surface area contributed by atoms with Crippen LogP contribution in [0.15, 0.2) is 12.3 Å². The number of fused-ring (bicyclic) bond motifs is 1. The lowest BCUT2D eigenvalue weighted by atomic mass is 9.92. The Morgan fingerprint density at radius 3 is 2.88 bits per heavy atom. The Morgan fingerprint density at radius 2 is 2.19 bits per heavy atom. The summed E-state index contributed by atoms with van der Waals surface area (Å²) in [6.07, 6.45) is 6.28. The van der Waals surface area contributed by atoms with Crippen LogP contribution in [0, 0.1) is 5.41 Å². The first-order valence-electron chi connectivity index (χ1n) is 6.33. The van der Waals surface area contributed by atoms with Gasteiger partial charge in [0.05, 0.1) is 6.10 Å². The molecule has 1 aromatic rings. The molecule has 0 spiro atoms. The maximum Gasteiger partial charge on any atom is 0.0807 e. The predicted molar refractivity (Wildman–Crippen MR) is 66.4 cm³/mol. The largest absolute Gasteiger partial charge is 0.388 e. The van der Waals surface area contributed by atoms with Crippen LogP contribution in [0.1, 0.15) is 57.4 Å². The van der Waals surface area contributed by atoms with E-state index < -0.39 is 0 Å². The first-order valence-corrected chi connectivity index (χ1v) is 6.33. The normalized spacial score (nSPS) is 20.9. The summed E-state index contributed by atoms with van der Waals surface area (Å²) in [6.45, 7) is 7.90. The van der Waals surface area contributed by atoms with Crippen molar-refractivity contribution in [2.24, 2.45) is 5.41 Å². The molecule has 1 atom stereocenters. The Morgan fingerprint density at radius 1 is 1.44 bits per heavy atom. The molecule has 90 valence electrons. The standard InChI is InChI=1S/C14H23NO/c1-14(2,3)8-10-15-9-7-11-12(15)5-4-6-13(11)16/h7,9,13,16H,4-6,8,10H2,1-3H3. The summed E-state index contributed by atoms with van der Waals surface area (Å²) in [5.74, 6) is 0. The van der Waals surface area contributed by atoms with Crippen molar-refractivity contribution in [1.82, 2.24) is 4.57 Å². The Hall–Kier alpha value is -0.760. The van der Waals surface area contributed by atoms with Gasteiger partial charge < -0.3 is 9.67 Å². The quantitative estimate of drug-likeness (QED) is 0.814. The summed E-state index contributed by atoms with van der Waals surface area (Å²) in [5, 5.41) is 9.89. The van der Waals surface area contributed by atoms with Gasteiger partial charge in [0.2, 0.25) is 0 Å². The fourth-order valence-electron chi connectivity index (χ4n) is 2.40. The van der Waals surface area contributed by atoms with Crippen molar-refractivity contribution in [3.63, 3.8) is 0 Å². The van der Waals surface area contributed by atoms with E-state index in [2.05, 4.69) is 37.6 Å². The van der Waals surface area contributed by atoms with Gasteiger partial charge in [-0.25, -0.2) is 0 Å². The molecular formula is C14H23NO. The molecule has 1 N–H and O–H groups in total. The van der Waals surface area contributed by atoms with Crippen LogP contribution in [0.5, 0.6) is 0 Å². The van der Waals surface area contributed by atoms with E-state index in [4.69, 9.17) is 0 Å². The van der Waals surface area contributed by atoms with Crippen LogP contribution in [0.25, 0.3) is 0 Å². The molecule has 2 rings (SSSR count). The third-order valence-electron chi connectivity index (χ3n) is 3.47. The zero-order valence-corrected chi connectivity index (χ0v) is 10.7. The van der Waals surface area contributed by atoms with Gasteiger partial charge in [-0.3, -0.25) is 0 Å². The summed E-state index contributed by atoms with van der Waals surface area (Å²) in [5.41, 5.74) is 2.91. The summed E-state index contributed by atoms with van der Waals surface area (Å²) in [6, 6.07) is 2.10. The second kappa shape index (κ2) is 4.25. The average molecular weight is 221 g/mol. The fourth-order valence-corrected chi connectivity index (χ4v) is 2.40. The lowest BCUT2D eigenvalue weighted by Gasteiger charge is -2.23. The molecular weight excluding hydrogens is 198 g/mol. The Bertz CT molecular complexity index is 359. The van der Waals surface area contributed by atoms with Gasteiger partial charge >= 0.3 is 0 Å². The molecule has 0 saturated heterocycles. The van der Waals surface area contributed by atoms with Crippen molar-refractivity contribution in [2.45, 2.75) is 59.1 Å². The van der Waals surface area contributed by atoms with Gasteiger partial charge in [0, 0.05) is 24.0 Å². The van der Waals surface area contributed by atoms with E-state index in [1.807, 2.05) is 0 Å². The average Bonchev–Trinajstić information content (AvgIpc) is 2.58. The summed E-state index contributed by atoms with van der Waals surface area (Å²) < 4.78 is 2.34. The lowest BCUT2D eigenvalue weighted by molar-refractivity contribution is 0.155. The van der Waals surface area contributed by atoms with Crippen molar-refractivity contribution < 1.29 is 5.11 Å². The van der Waals surface area contributed by atoms with Crippen molar-refractivity contribution in [3.05, 3.63) is 23.5 Å². The molecule has 0 bridgehead atoms. The molecule has 0 saturated carbocycles. The second-order valence-corrected chi connectivity index (χ2v) is 6.13. The maximum atomic E-state index is 9.89. The number of aryl methyl sites for hydroxylation is 1. The van der Waals surface area contributed by atoms with Crippen molar-refractivity contribution in [3.8, 4) is 0 Å². The van der Waals surface area contributed by atoms with Crippen LogP contribution in [0.2, 0.25) is 0 Å². The molecule has 16 heavy (non-hydrogen) atoms. The first kappa shape index (κ1) is 11.7. The van der Waals surface area contributed by atoms with Gasteiger partial charge in [0.25, 0.3) is 0 Å². The van der Waals surface area contributed by atoms with Crippen molar-refractivity contribution >= 4 is 0 Å². The highest BCUT2D eigenvalue weighted by Crippen LogP contribution is 2.31. The van der Waals surface area contributed by atoms with E-state index >= 15 is 0 Å². The smallest absolute Gasteiger partial charge is 0.0807 e. The zero-order chi connectivity index (χ0) is 11.8. The molecule has 2 nitrogen and oxygen atoms in total. The summed E-state index contributed by atoms with van der Waals surface area (Å²) >= 11 is 0. The second-order valence-electron chi connectivity index (χ2n) is 6.13. The SMILES string of the molecule is CC(C)(C)CCn1ccc2c1CCCC2O. The minimum Gasteiger partial charge on any atom is -0.388 e. The summed E-state index contributed by atoms with van der Waals surface area (Å²) in [7, 11) is 0. The molecule has 0 aliphatic heterocycles. The van der Waals surface area contributed by atoms with Crippen LogP contribution in [-0.2, 0) is 13.0 Å². The molecule has 1 aliphatic rings. The molecule has 0 radical (unpaired) electrons. The van der Waals surface area contributed by atoms with Crippen LogP contribution < -0.4 is 0 Å². The summed E-state index contributed by atoms with van der Waals surface area (Å²) in [4.78, 5) is 0. The van der Waals surface area contributed by atoms with Crippen LogP contribution in [0.4, 0.5) is 0 Å². The maximum absolute atomic E-state index is 9.89. The number of aliphatic hydroxyl groups is 1. The molecule has 1 unspecified atom stereocenters. The molecule has 2 heteroatoms. The molecule has 1 heterocycles. The van der Waals surface area contributed by atoms with Gasteiger partial charge in [-0.1, -0.05) is 20.8 Å². The number of nitrogens with zero attached hydrogens (tertiary/aromatic N) is 1. The highest BCUT2D eigenvalue weighted by molar-refractivity contribution is 5.27. The Labute approximate surface area is 98.3 Å². The lowest BCUT2D eigenvalue weighted by Crippen LogP contribution is -2.15. The molecule has 0 fully saturated rings. The number of aromatic nitrogens is 1. The van der Waals surface area contributed by atoms with Gasteiger partial charge in [0.1, 0.15) is 0 Å². The number of hydrogen-bond acceptors (Lipinski definition) is 1. The van der Waals surface area contributed by atoms with E-state index in [1.54, 1.807) is 0 Å². The molecule has 1 aliphatic carbocycles. The number of hydrogen-bond donors (Lipinski definition) is 1. The molecule has 0 amide bonds. The van der Waals surface area contributed by atoms with Crippen LogP contribution in [-0.4, -0.2) is 9.67 Å². The number of rotatable bonds is 2. The van der Waals surface area contributed by atoms with Gasteiger partial charge in [-0.05, 0) is 37.2 Å². The predicted octanol–water partition coefficient (Wildman–Crippen LogP) is 3.29. The third-order valence-corrected chi connectivity index (χ3v) is 3.47. The highest BCUT2D eigenvalue weighted by Gasteiger charge is 2.21. The third kappa shape index (κ3) is 2.49. The zero-order valence-electron chi connectivity index (χ0n) is 10.7. The first-order chi connectivity index (χ1) is 7.47. The minimum atomic E-state index is -0.223. The van der Waals surface area contributed by atoms with Gasteiger partial charge in [-0.2, -0.15) is 0 Å². The monoisotopic (exact) mass is 221 g/mol. The number of aliphatic hydroxyl groups excluding tert-OH is 1. The van der Waals surface area contributed by atoms with Crippen molar-refractivity contribution in [2.75, 3.05) is 0 Å². The van der Waals surface area contributed by atoms with E-state index in [0.717, 1.165) is 25.8 Å². The Balaban J connectivity index is 2.11. The molecule has 0 aromatic carbocycles. The highest BCUT2D eigenvalue weighted by atomic mass is 16.3. The molecule has 1 aromatic heterocycles. The van der Waals surface area contributed by atoms with Crippen LogP contribution >= 0.6 is 0 Å². The van der Waals surface area contributed by atoms with Crippen molar-refractivity contribution in [1.29, 1.82) is 0 Å². The Kier molecular flexibility index (Phi) is 3.11. The van der Waals surface area contributed by atoms with Gasteiger partial charge in [0.15, 0.2) is 0 Å². The topological polar surface area (TPSA) is 25.2 Å². The van der Waals surface area contributed by atoms with E-state index in [0.29, 0.717) is 5.41 Å².